The maximum Gasteiger partial charge on any atom is 0.140 e. The number of para-hydroxylation sites is 5. The van der Waals surface area contributed by atoms with Crippen molar-refractivity contribution in [3.63, 3.8) is 0 Å². The van der Waals surface area contributed by atoms with Crippen molar-refractivity contribution in [1.82, 2.24) is 0 Å². The first kappa shape index (κ1) is 33.8. The molecule has 1 spiro atoms. The average Bonchev–Trinajstić information content (AvgIpc) is 4.05. The Hall–Kier alpha value is -8.08. The van der Waals surface area contributed by atoms with Crippen LogP contribution >= 0.6 is 0 Å². The monoisotopic (exact) mass is 780 g/mol. The van der Waals surface area contributed by atoms with Gasteiger partial charge >= 0.3 is 0 Å². The molecular formula is C57H36N2O2. The SMILES string of the molecule is c1ccc(N(c2ccccc2)c2ccc3c(c2)C2(c4ccccc4-c4ccc(N(c5ccccc5)c5ccc6oc7ccccc7c6c5)cc42)c2c-3oc3ccccc23)cc1. The van der Waals surface area contributed by atoms with Gasteiger partial charge in [-0.05, 0) is 125 Å². The number of furan rings is 2. The predicted molar refractivity (Wildman–Crippen MR) is 249 cm³/mol. The molecule has 4 heteroatoms. The van der Waals surface area contributed by atoms with Gasteiger partial charge in [0.2, 0.25) is 0 Å². The first-order chi connectivity index (χ1) is 30.3. The lowest BCUT2D eigenvalue weighted by molar-refractivity contribution is 0.628. The van der Waals surface area contributed by atoms with E-state index in [1.807, 2.05) is 12.1 Å². The Morgan fingerprint density at radius 3 is 1.43 bits per heavy atom. The highest BCUT2D eigenvalue weighted by atomic mass is 16.3. The van der Waals surface area contributed by atoms with Gasteiger partial charge in [0.15, 0.2) is 0 Å². The van der Waals surface area contributed by atoms with Crippen molar-refractivity contribution in [3.8, 4) is 22.5 Å². The summed E-state index contributed by atoms with van der Waals surface area (Å²) in [6, 6.07) is 78.4. The van der Waals surface area contributed by atoms with Gasteiger partial charge in [-0.3, -0.25) is 0 Å². The minimum Gasteiger partial charge on any atom is -0.456 e. The smallest absolute Gasteiger partial charge is 0.140 e. The summed E-state index contributed by atoms with van der Waals surface area (Å²) in [4.78, 5) is 4.74. The van der Waals surface area contributed by atoms with E-state index in [9.17, 15) is 0 Å². The molecule has 2 aliphatic carbocycles. The number of benzene rings is 9. The van der Waals surface area contributed by atoms with E-state index in [1.54, 1.807) is 0 Å². The average molecular weight is 781 g/mol. The molecule has 0 aliphatic heterocycles. The second-order valence-electron chi connectivity index (χ2n) is 16.0. The topological polar surface area (TPSA) is 32.8 Å². The Morgan fingerprint density at radius 2 is 0.754 bits per heavy atom. The van der Waals surface area contributed by atoms with E-state index in [0.29, 0.717) is 0 Å². The molecule has 0 saturated heterocycles. The molecule has 4 nitrogen and oxygen atoms in total. The molecule has 0 bridgehead atoms. The summed E-state index contributed by atoms with van der Waals surface area (Å²) in [6.07, 6.45) is 0. The molecule has 11 aromatic rings. The quantitative estimate of drug-likeness (QED) is 0.168. The van der Waals surface area contributed by atoms with Gasteiger partial charge < -0.3 is 18.6 Å². The molecule has 0 saturated carbocycles. The summed E-state index contributed by atoms with van der Waals surface area (Å²) >= 11 is 0. The molecule has 9 aromatic carbocycles. The van der Waals surface area contributed by atoms with E-state index < -0.39 is 5.41 Å². The third kappa shape index (κ3) is 4.82. The second kappa shape index (κ2) is 13.0. The highest BCUT2D eigenvalue weighted by Gasteiger charge is 2.55. The minimum atomic E-state index is -0.679. The number of rotatable bonds is 6. The van der Waals surface area contributed by atoms with Crippen LogP contribution in [0.5, 0.6) is 0 Å². The molecule has 0 radical (unpaired) electrons. The van der Waals surface area contributed by atoms with Crippen LogP contribution in [0.25, 0.3) is 55.4 Å². The standard InChI is InChI=1S/C57H36N2O2/c1-4-16-37(17-5-1)58(38-18-6-2-7-19-38)41-29-32-46-51(36-41)57(55-47-24-12-15-27-53(47)61-56(46)55)49-25-13-10-22-43(49)44-31-28-42(35-50(44)57)59(39-20-8-3-9-21-39)40-30-33-54-48(34-40)45-23-11-14-26-52(45)60-54/h1-36H. The summed E-state index contributed by atoms with van der Waals surface area (Å²) in [5, 5.41) is 3.32. The number of fused-ring (bicyclic) bond motifs is 15. The van der Waals surface area contributed by atoms with Crippen LogP contribution in [-0.2, 0) is 5.41 Å². The van der Waals surface area contributed by atoms with Gasteiger partial charge in [0.25, 0.3) is 0 Å². The van der Waals surface area contributed by atoms with E-state index in [0.717, 1.165) is 78.4 Å². The predicted octanol–water partition coefficient (Wildman–Crippen LogP) is 15.6. The first-order valence-corrected chi connectivity index (χ1v) is 20.8. The number of nitrogens with zero attached hydrogens (tertiary/aromatic N) is 2. The molecule has 2 heterocycles. The van der Waals surface area contributed by atoms with Crippen molar-refractivity contribution >= 4 is 67.0 Å². The second-order valence-corrected chi connectivity index (χ2v) is 16.0. The van der Waals surface area contributed by atoms with Crippen LogP contribution in [0.4, 0.5) is 34.1 Å². The molecule has 2 aliphatic rings. The minimum absolute atomic E-state index is 0.679. The molecule has 0 amide bonds. The lowest BCUT2D eigenvalue weighted by Gasteiger charge is -2.33. The van der Waals surface area contributed by atoms with Gasteiger partial charge in [0, 0.05) is 61.4 Å². The fourth-order valence-electron chi connectivity index (χ4n) is 10.4. The molecule has 1 unspecified atom stereocenters. The van der Waals surface area contributed by atoms with Crippen molar-refractivity contribution in [2.45, 2.75) is 5.41 Å². The third-order valence-electron chi connectivity index (χ3n) is 12.8. The van der Waals surface area contributed by atoms with Crippen molar-refractivity contribution in [2.24, 2.45) is 0 Å². The normalized spacial score (nSPS) is 14.6. The molecule has 0 N–H and O–H groups in total. The van der Waals surface area contributed by atoms with Gasteiger partial charge in [-0.15, -0.1) is 0 Å². The van der Waals surface area contributed by atoms with E-state index in [4.69, 9.17) is 8.83 Å². The molecule has 0 fully saturated rings. The van der Waals surface area contributed by atoms with E-state index in [2.05, 4.69) is 216 Å². The van der Waals surface area contributed by atoms with Gasteiger partial charge in [-0.1, -0.05) is 121 Å². The molecule has 61 heavy (non-hydrogen) atoms. The van der Waals surface area contributed by atoms with Crippen molar-refractivity contribution in [1.29, 1.82) is 0 Å². The Labute approximate surface area is 352 Å². The number of hydrogen-bond acceptors (Lipinski definition) is 4. The van der Waals surface area contributed by atoms with Gasteiger partial charge in [-0.25, -0.2) is 0 Å². The van der Waals surface area contributed by atoms with E-state index in [-0.39, 0.29) is 0 Å². The molecular weight excluding hydrogens is 745 g/mol. The highest BCUT2D eigenvalue weighted by Crippen LogP contribution is 2.66. The van der Waals surface area contributed by atoms with Crippen LogP contribution in [-0.4, -0.2) is 0 Å². The fraction of sp³-hybridized carbons (Fsp3) is 0.0175. The summed E-state index contributed by atoms with van der Waals surface area (Å²) in [5.74, 6) is 0.930. The number of anilines is 6. The zero-order valence-electron chi connectivity index (χ0n) is 33.0. The van der Waals surface area contributed by atoms with Gasteiger partial charge in [0.1, 0.15) is 22.5 Å². The van der Waals surface area contributed by atoms with E-state index >= 15 is 0 Å². The van der Waals surface area contributed by atoms with Crippen LogP contribution in [0.3, 0.4) is 0 Å². The molecule has 1 atom stereocenters. The zero-order valence-corrected chi connectivity index (χ0v) is 33.0. The first-order valence-electron chi connectivity index (χ1n) is 20.8. The largest absolute Gasteiger partial charge is 0.456 e. The summed E-state index contributed by atoms with van der Waals surface area (Å²) in [7, 11) is 0. The Kier molecular flexibility index (Phi) is 7.19. The van der Waals surface area contributed by atoms with Crippen molar-refractivity contribution in [3.05, 3.63) is 241 Å². The number of hydrogen-bond donors (Lipinski definition) is 0. The van der Waals surface area contributed by atoms with Crippen molar-refractivity contribution in [2.75, 3.05) is 9.80 Å². The maximum atomic E-state index is 6.98. The lowest BCUT2D eigenvalue weighted by Crippen LogP contribution is -2.26. The lowest BCUT2D eigenvalue weighted by atomic mass is 9.70. The molecule has 13 rings (SSSR count). The summed E-state index contributed by atoms with van der Waals surface area (Å²) in [5.41, 5.74) is 16.9. The van der Waals surface area contributed by atoms with E-state index in [1.165, 1.54) is 33.4 Å². The summed E-state index contributed by atoms with van der Waals surface area (Å²) in [6.45, 7) is 0. The van der Waals surface area contributed by atoms with Crippen LogP contribution in [0.2, 0.25) is 0 Å². The Balaban J connectivity index is 1.10. The zero-order chi connectivity index (χ0) is 40.1. The van der Waals surface area contributed by atoms with Crippen molar-refractivity contribution < 1.29 is 8.83 Å². The van der Waals surface area contributed by atoms with Gasteiger partial charge in [-0.2, -0.15) is 0 Å². The maximum absolute atomic E-state index is 6.98. The fourth-order valence-corrected chi connectivity index (χ4v) is 10.4. The third-order valence-corrected chi connectivity index (χ3v) is 12.8. The van der Waals surface area contributed by atoms with Crippen LogP contribution < -0.4 is 9.80 Å². The van der Waals surface area contributed by atoms with Crippen LogP contribution in [0.15, 0.2) is 227 Å². The highest BCUT2D eigenvalue weighted by molar-refractivity contribution is 6.07. The summed E-state index contributed by atoms with van der Waals surface area (Å²) < 4.78 is 13.3. The molecule has 286 valence electrons. The Bertz CT molecular complexity index is 3460. The van der Waals surface area contributed by atoms with Crippen LogP contribution in [0, 0.1) is 0 Å². The molecule has 2 aromatic heterocycles. The Morgan fingerprint density at radius 1 is 0.295 bits per heavy atom. The van der Waals surface area contributed by atoms with Gasteiger partial charge in [0.05, 0.1) is 5.41 Å². The van der Waals surface area contributed by atoms with Crippen LogP contribution in [0.1, 0.15) is 22.3 Å².